The van der Waals surface area contributed by atoms with Crippen LogP contribution in [0.5, 0.6) is 0 Å². The third-order valence-corrected chi connectivity index (χ3v) is 2.65. The first-order valence-corrected chi connectivity index (χ1v) is 5.80. The first kappa shape index (κ1) is 14.6. The normalized spacial score (nSPS) is 14.8. The Bertz CT molecular complexity index is 392. The Morgan fingerprint density at radius 3 is 2.33 bits per heavy atom. The minimum absolute atomic E-state index is 0.349. The van der Waals surface area contributed by atoms with E-state index >= 15 is 0 Å². The Labute approximate surface area is 105 Å². The molecule has 4 heteroatoms. The molecule has 0 bridgehead atoms. The molecule has 0 heterocycles. The lowest BCUT2D eigenvalue weighted by atomic mass is 10.0. The van der Waals surface area contributed by atoms with Crippen LogP contribution in [0.2, 0.25) is 0 Å². The molecule has 1 aromatic rings. The summed E-state index contributed by atoms with van der Waals surface area (Å²) in [5.41, 5.74) is 0.600. The molecule has 1 aromatic carbocycles. The summed E-state index contributed by atoms with van der Waals surface area (Å²) in [6, 6.07) is 7.41. The maximum absolute atomic E-state index is 12.6. The van der Waals surface area contributed by atoms with E-state index in [0.29, 0.717) is 12.0 Å². The van der Waals surface area contributed by atoms with E-state index in [9.17, 15) is 13.2 Å². The van der Waals surface area contributed by atoms with Crippen LogP contribution in [0.1, 0.15) is 31.4 Å². The van der Waals surface area contributed by atoms with Crippen LogP contribution in [-0.4, -0.2) is 12.2 Å². The minimum atomic E-state index is -4.22. The second-order valence-corrected chi connectivity index (χ2v) is 4.08. The van der Waals surface area contributed by atoms with Gasteiger partial charge in [-0.3, -0.25) is 5.32 Å². The van der Waals surface area contributed by atoms with Gasteiger partial charge in [0, 0.05) is 6.04 Å². The van der Waals surface area contributed by atoms with Crippen molar-refractivity contribution in [2.75, 3.05) is 0 Å². The molecule has 0 radical (unpaired) electrons. The monoisotopic (exact) mass is 255 g/mol. The number of rotatable bonds is 5. The molecule has 1 nitrogen and oxygen atoms in total. The maximum Gasteiger partial charge on any atom is 0.390 e. The van der Waals surface area contributed by atoms with E-state index in [-0.39, 0.29) is 6.04 Å². The fourth-order valence-electron chi connectivity index (χ4n) is 1.72. The van der Waals surface area contributed by atoms with Crippen LogP contribution < -0.4 is 5.32 Å². The van der Waals surface area contributed by atoms with Crippen molar-refractivity contribution in [2.45, 2.75) is 38.0 Å². The lowest BCUT2D eigenvalue weighted by Crippen LogP contribution is -2.34. The van der Waals surface area contributed by atoms with E-state index in [1.807, 2.05) is 6.92 Å². The zero-order valence-corrected chi connectivity index (χ0v) is 10.2. The molecule has 0 aliphatic rings. The van der Waals surface area contributed by atoms with Gasteiger partial charge in [0.15, 0.2) is 0 Å². The second kappa shape index (κ2) is 6.46. The van der Waals surface area contributed by atoms with Gasteiger partial charge in [-0.05, 0) is 12.0 Å². The average Bonchev–Trinajstić information content (AvgIpc) is 2.34. The quantitative estimate of drug-likeness (QED) is 0.791. The number of benzene rings is 1. The van der Waals surface area contributed by atoms with Gasteiger partial charge in [0.1, 0.15) is 0 Å². The number of hydrogen-bond donors (Lipinski definition) is 1. The van der Waals surface area contributed by atoms with Crippen LogP contribution >= 0.6 is 0 Å². The zero-order chi connectivity index (χ0) is 13.6. The highest BCUT2D eigenvalue weighted by molar-refractivity contribution is 5.20. The Hall–Kier alpha value is -1.47. The molecule has 1 rings (SSSR count). The molecule has 98 valence electrons. The molecule has 18 heavy (non-hydrogen) atoms. The van der Waals surface area contributed by atoms with Gasteiger partial charge in [-0.2, -0.15) is 13.2 Å². The Morgan fingerprint density at radius 2 is 1.89 bits per heavy atom. The van der Waals surface area contributed by atoms with E-state index in [4.69, 9.17) is 6.42 Å². The fourth-order valence-corrected chi connectivity index (χ4v) is 1.72. The summed E-state index contributed by atoms with van der Waals surface area (Å²) in [6.45, 7) is 1.84. The van der Waals surface area contributed by atoms with Crippen molar-refractivity contribution in [2.24, 2.45) is 0 Å². The highest BCUT2D eigenvalue weighted by Crippen LogP contribution is 2.29. The van der Waals surface area contributed by atoms with E-state index in [2.05, 4.69) is 11.2 Å². The topological polar surface area (TPSA) is 12.0 Å². The second-order valence-electron chi connectivity index (χ2n) is 4.08. The van der Waals surface area contributed by atoms with Crippen molar-refractivity contribution in [3.8, 4) is 12.3 Å². The third-order valence-electron chi connectivity index (χ3n) is 2.65. The van der Waals surface area contributed by atoms with Gasteiger partial charge in [-0.1, -0.05) is 43.2 Å². The van der Waals surface area contributed by atoms with Crippen LogP contribution in [0.4, 0.5) is 13.2 Å². The average molecular weight is 255 g/mol. The first-order chi connectivity index (χ1) is 8.46. The predicted octanol–water partition coefficient (Wildman–Crippen LogP) is 3.68. The summed E-state index contributed by atoms with van der Waals surface area (Å²) in [4.78, 5) is 0. The fraction of sp³-hybridized carbons (Fsp3) is 0.429. The largest absolute Gasteiger partial charge is 0.390 e. The van der Waals surface area contributed by atoms with Crippen LogP contribution in [0.25, 0.3) is 0 Å². The van der Waals surface area contributed by atoms with Crippen LogP contribution in [-0.2, 0) is 0 Å². The van der Waals surface area contributed by atoms with Gasteiger partial charge >= 0.3 is 6.18 Å². The highest BCUT2D eigenvalue weighted by Gasteiger charge is 2.33. The molecule has 0 saturated carbocycles. The molecule has 0 aromatic heterocycles. The van der Waals surface area contributed by atoms with Gasteiger partial charge in [0.05, 0.1) is 12.5 Å². The summed E-state index contributed by atoms with van der Waals surface area (Å²) in [7, 11) is 0. The molecule has 1 N–H and O–H groups in total. The van der Waals surface area contributed by atoms with Crippen molar-refractivity contribution < 1.29 is 13.2 Å². The van der Waals surface area contributed by atoms with Crippen LogP contribution in [0, 0.1) is 12.3 Å². The Balaban J connectivity index is 2.86. The van der Waals surface area contributed by atoms with E-state index in [0.717, 1.165) is 0 Å². The summed E-state index contributed by atoms with van der Waals surface area (Å²) < 4.78 is 37.7. The summed E-state index contributed by atoms with van der Waals surface area (Å²) >= 11 is 0. The summed E-state index contributed by atoms with van der Waals surface area (Å²) in [5.74, 6) is 2.46. The molecule has 0 aliphatic heterocycles. The van der Waals surface area contributed by atoms with Crippen molar-refractivity contribution in [1.82, 2.24) is 5.32 Å². The first-order valence-electron chi connectivity index (χ1n) is 5.80. The summed E-state index contributed by atoms with van der Waals surface area (Å²) in [5, 5.41) is 2.87. The highest BCUT2D eigenvalue weighted by atomic mass is 19.4. The minimum Gasteiger partial charge on any atom is -0.296 e. The maximum atomic E-state index is 12.6. The van der Waals surface area contributed by atoms with Gasteiger partial charge in [0.2, 0.25) is 0 Å². The van der Waals surface area contributed by atoms with Gasteiger partial charge in [0.25, 0.3) is 0 Å². The lowest BCUT2D eigenvalue weighted by Gasteiger charge is -2.23. The Morgan fingerprint density at radius 1 is 1.28 bits per heavy atom. The molecular weight excluding hydrogens is 239 g/mol. The standard InChI is InChI=1S/C14H16F3N/c1-3-12(4-2)18-13(10-14(15,16)17)11-8-6-5-7-9-11/h1,5-9,12-13,18H,4,10H2,2H3. The van der Waals surface area contributed by atoms with Crippen LogP contribution in [0.3, 0.4) is 0 Å². The van der Waals surface area contributed by atoms with Crippen molar-refractivity contribution in [3.05, 3.63) is 35.9 Å². The molecule has 0 amide bonds. The zero-order valence-electron chi connectivity index (χ0n) is 10.2. The number of halogens is 3. The molecule has 0 saturated heterocycles. The van der Waals surface area contributed by atoms with Crippen LogP contribution in [0.15, 0.2) is 30.3 Å². The number of nitrogens with one attached hydrogen (secondary N) is 1. The summed E-state index contributed by atoms with van der Waals surface area (Å²) in [6.07, 6.45) is 0.731. The van der Waals surface area contributed by atoms with E-state index in [1.165, 1.54) is 0 Å². The van der Waals surface area contributed by atoms with Crippen molar-refractivity contribution in [3.63, 3.8) is 0 Å². The Kier molecular flexibility index (Phi) is 5.24. The van der Waals surface area contributed by atoms with Gasteiger partial charge < -0.3 is 0 Å². The molecular formula is C14H16F3N. The predicted molar refractivity (Wildman–Crippen MR) is 65.9 cm³/mol. The van der Waals surface area contributed by atoms with Gasteiger partial charge in [-0.25, -0.2) is 0 Å². The third kappa shape index (κ3) is 4.80. The molecule has 2 unspecified atom stereocenters. The lowest BCUT2D eigenvalue weighted by molar-refractivity contribution is -0.140. The van der Waals surface area contributed by atoms with Crippen molar-refractivity contribution >= 4 is 0 Å². The van der Waals surface area contributed by atoms with Crippen molar-refractivity contribution in [1.29, 1.82) is 0 Å². The van der Waals surface area contributed by atoms with E-state index < -0.39 is 18.6 Å². The van der Waals surface area contributed by atoms with E-state index in [1.54, 1.807) is 30.3 Å². The molecule has 2 atom stereocenters. The SMILES string of the molecule is C#CC(CC)NC(CC(F)(F)F)c1ccccc1. The number of hydrogen-bond acceptors (Lipinski definition) is 1. The molecule has 0 fully saturated rings. The van der Waals surface area contributed by atoms with Gasteiger partial charge in [-0.15, -0.1) is 6.42 Å². The molecule has 0 spiro atoms. The smallest absolute Gasteiger partial charge is 0.296 e. The molecule has 0 aliphatic carbocycles. The number of terminal acetylenes is 1. The number of alkyl halides is 3.